The van der Waals surface area contributed by atoms with E-state index in [1.807, 2.05) is 25.1 Å². The number of carbonyl (C=O) groups excluding carboxylic acids is 1. The Morgan fingerprint density at radius 2 is 1.94 bits per heavy atom. The molecular weight excluding hydrogens is 442 g/mol. The van der Waals surface area contributed by atoms with Gasteiger partial charge in [0.15, 0.2) is 5.65 Å². The fourth-order valence-electron chi connectivity index (χ4n) is 5.18. The first-order valence-corrected chi connectivity index (χ1v) is 12.7. The lowest BCUT2D eigenvalue weighted by molar-refractivity contribution is 0.0952. The number of aryl methyl sites for hydroxylation is 1. The number of nitrogens with zero attached hydrogens (tertiary/aromatic N) is 3. The minimum absolute atomic E-state index is 0.170. The molecule has 1 aliphatic carbocycles. The number of fused-ring (bicyclic) bond motifs is 1. The predicted molar refractivity (Wildman–Crippen MR) is 136 cm³/mol. The van der Waals surface area contributed by atoms with E-state index in [1.165, 1.54) is 23.0 Å². The minimum Gasteiger partial charge on any atom is -0.348 e. The quantitative estimate of drug-likeness (QED) is 0.547. The number of hydrogen-bond acceptors (Lipinski definition) is 5. The highest BCUT2D eigenvalue weighted by molar-refractivity contribution is 6.05. The number of rotatable bonds is 7. The lowest BCUT2D eigenvalue weighted by atomic mass is 9.99. The summed E-state index contributed by atoms with van der Waals surface area (Å²) in [5.74, 6) is 0.653. The van der Waals surface area contributed by atoms with Crippen molar-refractivity contribution in [3.05, 3.63) is 73.6 Å². The number of nitrogens with one attached hydrogen (secondary N) is 2. The largest absolute Gasteiger partial charge is 0.348 e. The molecule has 35 heavy (non-hydrogen) atoms. The van der Waals surface area contributed by atoms with Gasteiger partial charge in [0, 0.05) is 37.8 Å². The normalized spacial score (nSPS) is 18.6. The van der Waals surface area contributed by atoms with Gasteiger partial charge in [0.2, 0.25) is 0 Å². The molecular formula is C27H33N5O3. The zero-order chi connectivity index (χ0) is 24.5. The van der Waals surface area contributed by atoms with Gasteiger partial charge in [-0.25, -0.2) is 9.78 Å². The summed E-state index contributed by atoms with van der Waals surface area (Å²) in [4.78, 5) is 48.0. The molecule has 1 aromatic carbocycles. The molecule has 5 rings (SSSR count). The summed E-state index contributed by atoms with van der Waals surface area (Å²) in [6.07, 6.45) is 4.50. The Bertz CT molecular complexity index is 1370. The number of likely N-dealkylation sites (tertiary alicyclic amines) is 1. The van der Waals surface area contributed by atoms with Crippen LogP contribution in [0.3, 0.4) is 0 Å². The topological polar surface area (TPSA) is 100 Å². The van der Waals surface area contributed by atoms with Gasteiger partial charge in [0.05, 0.1) is 10.9 Å². The van der Waals surface area contributed by atoms with Crippen LogP contribution in [0.4, 0.5) is 0 Å². The molecule has 0 radical (unpaired) electrons. The molecule has 2 fully saturated rings. The molecule has 8 heteroatoms. The zero-order valence-electron chi connectivity index (χ0n) is 20.5. The minimum atomic E-state index is -0.575. The van der Waals surface area contributed by atoms with E-state index in [2.05, 4.69) is 33.2 Å². The van der Waals surface area contributed by atoms with E-state index in [1.54, 1.807) is 6.07 Å². The molecule has 184 valence electrons. The van der Waals surface area contributed by atoms with Crippen molar-refractivity contribution in [2.75, 3.05) is 13.1 Å². The summed E-state index contributed by atoms with van der Waals surface area (Å²) < 4.78 is 1.42. The average molecular weight is 476 g/mol. The number of hydrogen-bond donors (Lipinski definition) is 2. The van der Waals surface area contributed by atoms with Gasteiger partial charge < -0.3 is 5.32 Å². The summed E-state index contributed by atoms with van der Waals surface area (Å²) in [7, 11) is 0. The van der Waals surface area contributed by atoms with Crippen molar-refractivity contribution in [3.63, 3.8) is 0 Å². The van der Waals surface area contributed by atoms with E-state index < -0.39 is 11.2 Å². The van der Waals surface area contributed by atoms with Crippen LogP contribution in [0.2, 0.25) is 0 Å². The number of aromatic amines is 1. The second-order valence-electron chi connectivity index (χ2n) is 10.0. The molecule has 1 amide bonds. The van der Waals surface area contributed by atoms with Crippen molar-refractivity contribution in [2.45, 2.75) is 65.1 Å². The molecule has 3 heterocycles. The highest BCUT2D eigenvalue weighted by atomic mass is 16.2. The lowest BCUT2D eigenvalue weighted by Crippen LogP contribution is -2.34. The van der Waals surface area contributed by atoms with Crippen LogP contribution in [-0.4, -0.2) is 38.4 Å². The average Bonchev–Trinajstić information content (AvgIpc) is 3.68. The fraction of sp³-hybridized carbons (Fsp3) is 0.481. The summed E-state index contributed by atoms with van der Waals surface area (Å²) >= 11 is 0. The Hall–Kier alpha value is -3.26. The molecule has 0 spiro atoms. The van der Waals surface area contributed by atoms with Crippen LogP contribution in [0, 0.1) is 5.92 Å². The Morgan fingerprint density at radius 1 is 1.17 bits per heavy atom. The molecule has 2 aromatic heterocycles. The molecule has 1 unspecified atom stereocenters. The second kappa shape index (κ2) is 9.77. The van der Waals surface area contributed by atoms with Crippen molar-refractivity contribution in [1.29, 1.82) is 0 Å². The van der Waals surface area contributed by atoms with Crippen molar-refractivity contribution >= 4 is 16.9 Å². The van der Waals surface area contributed by atoms with Gasteiger partial charge in [0.1, 0.15) is 0 Å². The number of carbonyl (C=O) groups is 1. The van der Waals surface area contributed by atoms with Gasteiger partial charge in [-0.2, -0.15) is 0 Å². The number of piperidine rings is 1. The maximum atomic E-state index is 13.4. The van der Waals surface area contributed by atoms with Crippen molar-refractivity contribution in [1.82, 2.24) is 24.8 Å². The third-order valence-corrected chi connectivity index (χ3v) is 7.22. The molecule has 0 bridgehead atoms. The Kier molecular flexibility index (Phi) is 6.56. The van der Waals surface area contributed by atoms with Gasteiger partial charge in [0.25, 0.3) is 11.5 Å². The number of H-pyrrole nitrogens is 1. The van der Waals surface area contributed by atoms with Gasteiger partial charge in [-0.3, -0.25) is 24.0 Å². The van der Waals surface area contributed by atoms with Gasteiger partial charge in [-0.1, -0.05) is 31.2 Å². The summed E-state index contributed by atoms with van der Waals surface area (Å²) in [6.45, 7) is 7.90. The first-order valence-electron chi connectivity index (χ1n) is 12.7. The molecule has 3 aromatic rings. The standard InChI is InChI=1S/C27H33N5O3/c1-3-32-24-23(26(34)30-27(32)35)21(13-22(29-24)18-10-11-18)25(33)28-14-19-8-4-5-9-20(19)16-31-12-6-7-17(2)15-31/h4-5,8-9,13,17-18H,3,6-7,10-12,14-16H2,1-2H3,(H,28,33)(H,30,34,35). The van der Waals surface area contributed by atoms with Gasteiger partial charge >= 0.3 is 5.69 Å². The van der Waals surface area contributed by atoms with Gasteiger partial charge in [-0.15, -0.1) is 0 Å². The SMILES string of the molecule is CCn1c(=O)[nH]c(=O)c2c(C(=O)NCc3ccccc3CN3CCCC(C)C3)cc(C3CC3)nc21. The summed E-state index contributed by atoms with van der Waals surface area (Å²) in [6, 6.07) is 9.93. The Labute approximate surface area is 204 Å². The zero-order valence-corrected chi connectivity index (χ0v) is 20.5. The van der Waals surface area contributed by atoms with Gasteiger partial charge in [-0.05, 0) is 62.3 Å². The lowest BCUT2D eigenvalue weighted by Gasteiger charge is -2.31. The number of benzene rings is 1. The van der Waals surface area contributed by atoms with E-state index in [-0.39, 0.29) is 28.4 Å². The second-order valence-corrected chi connectivity index (χ2v) is 10.0. The monoisotopic (exact) mass is 475 g/mol. The molecule has 1 aliphatic heterocycles. The van der Waals surface area contributed by atoms with Crippen LogP contribution < -0.4 is 16.6 Å². The van der Waals surface area contributed by atoms with Crippen LogP contribution >= 0.6 is 0 Å². The van der Waals surface area contributed by atoms with Crippen LogP contribution in [0.15, 0.2) is 39.9 Å². The smallest absolute Gasteiger partial charge is 0.329 e. The molecule has 2 aliphatic rings. The van der Waals surface area contributed by atoms with Crippen molar-refractivity contribution < 1.29 is 4.79 Å². The van der Waals surface area contributed by atoms with Crippen molar-refractivity contribution in [3.8, 4) is 0 Å². The summed E-state index contributed by atoms with van der Waals surface area (Å²) in [5, 5.41) is 3.20. The number of aromatic nitrogens is 3. The van der Waals surface area contributed by atoms with Crippen LogP contribution in [0.25, 0.3) is 11.0 Å². The van der Waals surface area contributed by atoms with E-state index in [0.717, 1.165) is 43.7 Å². The summed E-state index contributed by atoms with van der Waals surface area (Å²) in [5.41, 5.74) is 2.54. The highest BCUT2D eigenvalue weighted by Crippen LogP contribution is 2.39. The Balaban J connectivity index is 1.43. The van der Waals surface area contributed by atoms with Crippen LogP contribution in [0.5, 0.6) is 0 Å². The molecule has 2 N–H and O–H groups in total. The maximum absolute atomic E-state index is 13.4. The van der Waals surface area contributed by atoms with E-state index >= 15 is 0 Å². The predicted octanol–water partition coefficient (Wildman–Crippen LogP) is 3.14. The van der Waals surface area contributed by atoms with Crippen LogP contribution in [-0.2, 0) is 19.6 Å². The van der Waals surface area contributed by atoms with E-state index in [0.29, 0.717) is 19.0 Å². The fourth-order valence-corrected chi connectivity index (χ4v) is 5.18. The first-order chi connectivity index (χ1) is 16.9. The Morgan fingerprint density at radius 3 is 2.66 bits per heavy atom. The van der Waals surface area contributed by atoms with Crippen molar-refractivity contribution in [2.24, 2.45) is 5.92 Å². The molecule has 1 atom stereocenters. The number of amides is 1. The van der Waals surface area contributed by atoms with E-state index in [9.17, 15) is 14.4 Å². The molecule has 1 saturated heterocycles. The number of pyridine rings is 1. The van der Waals surface area contributed by atoms with E-state index in [4.69, 9.17) is 0 Å². The molecule has 8 nitrogen and oxygen atoms in total. The first kappa shape index (κ1) is 23.5. The molecule has 1 saturated carbocycles. The van der Waals surface area contributed by atoms with Crippen LogP contribution in [0.1, 0.15) is 72.6 Å². The highest BCUT2D eigenvalue weighted by Gasteiger charge is 2.28. The third-order valence-electron chi connectivity index (χ3n) is 7.22. The maximum Gasteiger partial charge on any atom is 0.329 e. The third kappa shape index (κ3) is 4.93.